The molecule has 0 aliphatic carbocycles. The lowest BCUT2D eigenvalue weighted by molar-refractivity contribution is -0.384. The fraction of sp³-hybridized carbons (Fsp3) is 0.278. The van der Waals surface area contributed by atoms with E-state index in [1.54, 1.807) is 36.4 Å². The fourth-order valence-corrected chi connectivity index (χ4v) is 2.34. The van der Waals surface area contributed by atoms with E-state index in [1.165, 1.54) is 12.1 Å². The molecule has 1 N–H and O–H groups in total. The van der Waals surface area contributed by atoms with Gasteiger partial charge in [-0.2, -0.15) is 0 Å². The maximum absolute atomic E-state index is 10.9. The number of nitrogens with zero attached hydrogens (tertiary/aromatic N) is 1. The smallest absolute Gasteiger partial charge is 0.306 e. The molecule has 0 saturated heterocycles. The second kappa shape index (κ2) is 8.79. The van der Waals surface area contributed by atoms with E-state index in [2.05, 4.69) is 0 Å². The fourth-order valence-electron chi connectivity index (χ4n) is 2.34. The van der Waals surface area contributed by atoms with E-state index < -0.39 is 17.0 Å². The van der Waals surface area contributed by atoms with Crippen molar-refractivity contribution in [3.63, 3.8) is 0 Å². The number of aliphatic carboxylic acids is 1. The Morgan fingerprint density at radius 3 is 2.56 bits per heavy atom. The van der Waals surface area contributed by atoms with Crippen LogP contribution in [0.2, 0.25) is 0 Å². The Morgan fingerprint density at radius 2 is 1.96 bits per heavy atom. The molecule has 0 spiro atoms. The zero-order valence-electron chi connectivity index (χ0n) is 13.8. The molecule has 0 aliphatic heterocycles. The number of carboxylic acid groups (broad SMARTS) is 1. The Bertz CT molecular complexity index is 729. The largest absolute Gasteiger partial charge is 0.489 e. The van der Waals surface area contributed by atoms with Crippen LogP contribution in [0.25, 0.3) is 0 Å². The van der Waals surface area contributed by atoms with Crippen molar-refractivity contribution in [3.05, 3.63) is 69.8 Å². The Morgan fingerprint density at radius 1 is 1.24 bits per heavy atom. The molecule has 7 heteroatoms. The number of carbonyl (C=O) groups is 1. The number of carboxylic acids is 1. The van der Waals surface area contributed by atoms with Crippen molar-refractivity contribution in [2.45, 2.75) is 26.1 Å². The third-order valence-corrected chi connectivity index (χ3v) is 3.51. The summed E-state index contributed by atoms with van der Waals surface area (Å²) in [5.74, 6) is -0.342. The SMILES string of the molecule is CCOC(CC(=O)O)c1ccc(OCc2cccc([N+](=O)[O-])c2)cc1. The highest BCUT2D eigenvalue weighted by Gasteiger charge is 2.15. The topological polar surface area (TPSA) is 98.9 Å². The molecule has 2 aromatic rings. The van der Waals surface area contributed by atoms with Crippen LogP contribution in [0, 0.1) is 10.1 Å². The van der Waals surface area contributed by atoms with Crippen LogP contribution in [0.4, 0.5) is 5.69 Å². The average molecular weight is 345 g/mol. The second-order valence-corrected chi connectivity index (χ2v) is 5.33. The third kappa shape index (κ3) is 5.58. The molecule has 0 radical (unpaired) electrons. The van der Waals surface area contributed by atoms with Crippen molar-refractivity contribution in [2.24, 2.45) is 0 Å². The molecule has 132 valence electrons. The number of hydrogen-bond acceptors (Lipinski definition) is 5. The molecule has 0 heterocycles. The molecule has 0 fully saturated rings. The zero-order valence-corrected chi connectivity index (χ0v) is 13.8. The number of rotatable bonds is 9. The maximum atomic E-state index is 10.9. The average Bonchev–Trinajstić information content (AvgIpc) is 2.60. The number of benzene rings is 2. The molecule has 0 saturated carbocycles. The molecule has 1 atom stereocenters. The van der Waals surface area contributed by atoms with Crippen LogP contribution in [-0.2, 0) is 16.1 Å². The van der Waals surface area contributed by atoms with E-state index in [9.17, 15) is 14.9 Å². The molecule has 0 bridgehead atoms. The van der Waals surface area contributed by atoms with Crippen molar-refractivity contribution < 1.29 is 24.3 Å². The molecule has 25 heavy (non-hydrogen) atoms. The Balaban J connectivity index is 2.01. The summed E-state index contributed by atoms with van der Waals surface area (Å²) in [7, 11) is 0. The standard InChI is InChI=1S/C18H19NO6/c1-2-24-17(11-18(20)21)14-6-8-16(9-7-14)25-12-13-4-3-5-15(10-13)19(22)23/h3-10,17H,2,11-12H2,1H3,(H,20,21). The summed E-state index contributed by atoms with van der Waals surface area (Å²) in [6, 6.07) is 13.2. The molecule has 0 aliphatic rings. The van der Waals surface area contributed by atoms with Gasteiger partial charge in [-0.1, -0.05) is 24.3 Å². The van der Waals surface area contributed by atoms with Gasteiger partial charge >= 0.3 is 5.97 Å². The number of nitro benzene ring substituents is 1. The van der Waals surface area contributed by atoms with Crippen LogP contribution in [-0.4, -0.2) is 22.6 Å². The van der Waals surface area contributed by atoms with Gasteiger partial charge in [0.2, 0.25) is 0 Å². The predicted molar refractivity (Wildman–Crippen MR) is 90.5 cm³/mol. The summed E-state index contributed by atoms with van der Waals surface area (Å²) >= 11 is 0. The van der Waals surface area contributed by atoms with Crippen molar-refractivity contribution in [3.8, 4) is 5.75 Å². The minimum atomic E-state index is -0.926. The molecular weight excluding hydrogens is 326 g/mol. The van der Waals surface area contributed by atoms with Crippen LogP contribution < -0.4 is 4.74 Å². The molecule has 1 unspecified atom stereocenters. The summed E-state index contributed by atoms with van der Waals surface area (Å²) in [6.45, 7) is 2.43. The minimum Gasteiger partial charge on any atom is -0.489 e. The summed E-state index contributed by atoms with van der Waals surface area (Å²) in [5, 5.41) is 19.7. The number of nitro groups is 1. The van der Waals surface area contributed by atoms with Gasteiger partial charge in [-0.3, -0.25) is 14.9 Å². The summed E-state index contributed by atoms with van der Waals surface area (Å²) in [4.78, 5) is 21.2. The third-order valence-electron chi connectivity index (χ3n) is 3.51. The Hall–Kier alpha value is -2.93. The molecule has 7 nitrogen and oxygen atoms in total. The van der Waals surface area contributed by atoms with E-state index in [0.717, 1.165) is 5.56 Å². The molecule has 2 rings (SSSR count). The van der Waals surface area contributed by atoms with E-state index >= 15 is 0 Å². The summed E-state index contributed by atoms with van der Waals surface area (Å²) < 4.78 is 11.1. The van der Waals surface area contributed by atoms with Crippen LogP contribution in [0.15, 0.2) is 48.5 Å². The highest BCUT2D eigenvalue weighted by atomic mass is 16.6. The van der Waals surface area contributed by atoms with Crippen molar-refractivity contribution in [1.82, 2.24) is 0 Å². The Labute approximate surface area is 145 Å². The number of non-ortho nitro benzene ring substituents is 1. The summed E-state index contributed by atoms with van der Waals surface area (Å²) in [6.07, 6.45) is -0.616. The Kier molecular flexibility index (Phi) is 6.47. The molecular formula is C18H19NO6. The van der Waals surface area contributed by atoms with Gasteiger partial charge in [0.1, 0.15) is 12.4 Å². The van der Waals surface area contributed by atoms with Gasteiger partial charge in [0, 0.05) is 18.7 Å². The predicted octanol–water partition coefficient (Wildman–Crippen LogP) is 3.73. The molecule has 0 aromatic heterocycles. The van der Waals surface area contributed by atoms with Gasteiger partial charge in [-0.05, 0) is 30.2 Å². The van der Waals surface area contributed by atoms with Gasteiger partial charge < -0.3 is 14.6 Å². The monoisotopic (exact) mass is 345 g/mol. The highest BCUT2D eigenvalue weighted by Crippen LogP contribution is 2.24. The van der Waals surface area contributed by atoms with E-state index in [1.807, 2.05) is 6.92 Å². The number of ether oxygens (including phenoxy) is 2. The van der Waals surface area contributed by atoms with Gasteiger partial charge in [-0.15, -0.1) is 0 Å². The van der Waals surface area contributed by atoms with Gasteiger partial charge in [-0.25, -0.2) is 0 Å². The van der Waals surface area contributed by atoms with Gasteiger partial charge in [0.15, 0.2) is 0 Å². The lowest BCUT2D eigenvalue weighted by Gasteiger charge is -2.16. The van der Waals surface area contributed by atoms with E-state index in [4.69, 9.17) is 14.6 Å². The second-order valence-electron chi connectivity index (χ2n) is 5.33. The van der Waals surface area contributed by atoms with Crippen LogP contribution in [0.5, 0.6) is 5.75 Å². The maximum Gasteiger partial charge on any atom is 0.306 e. The molecule has 0 amide bonds. The number of hydrogen-bond donors (Lipinski definition) is 1. The lowest BCUT2D eigenvalue weighted by Crippen LogP contribution is -2.10. The van der Waals surface area contributed by atoms with Gasteiger partial charge in [0.05, 0.1) is 17.4 Å². The van der Waals surface area contributed by atoms with Gasteiger partial charge in [0.25, 0.3) is 5.69 Å². The first kappa shape index (κ1) is 18.4. The van der Waals surface area contributed by atoms with Crippen LogP contribution >= 0.6 is 0 Å². The summed E-state index contributed by atoms with van der Waals surface area (Å²) in [5.41, 5.74) is 1.47. The van der Waals surface area contributed by atoms with Crippen molar-refractivity contribution in [2.75, 3.05) is 6.61 Å². The zero-order chi connectivity index (χ0) is 18.2. The van der Waals surface area contributed by atoms with Crippen molar-refractivity contribution >= 4 is 11.7 Å². The lowest BCUT2D eigenvalue weighted by atomic mass is 10.1. The highest BCUT2D eigenvalue weighted by molar-refractivity contribution is 5.67. The van der Waals surface area contributed by atoms with E-state index in [0.29, 0.717) is 17.9 Å². The van der Waals surface area contributed by atoms with Crippen LogP contribution in [0.3, 0.4) is 0 Å². The quantitative estimate of drug-likeness (QED) is 0.549. The minimum absolute atomic E-state index is 0.0182. The first-order valence-electron chi connectivity index (χ1n) is 7.79. The molecule has 2 aromatic carbocycles. The normalized spacial score (nSPS) is 11.7. The first-order chi connectivity index (χ1) is 12.0. The van der Waals surface area contributed by atoms with Crippen molar-refractivity contribution in [1.29, 1.82) is 0 Å². The first-order valence-corrected chi connectivity index (χ1v) is 7.79. The van der Waals surface area contributed by atoms with Crippen LogP contribution in [0.1, 0.15) is 30.6 Å². The van der Waals surface area contributed by atoms with E-state index in [-0.39, 0.29) is 18.7 Å².